The Morgan fingerprint density at radius 2 is 2.19 bits per heavy atom. The third-order valence-corrected chi connectivity index (χ3v) is 2.59. The van der Waals surface area contributed by atoms with Crippen LogP contribution < -0.4 is 16.8 Å². The lowest BCUT2D eigenvalue weighted by Gasteiger charge is -2.10. The number of primary amides is 1. The molecule has 5 N–H and O–H groups in total. The highest BCUT2D eigenvalue weighted by molar-refractivity contribution is 6.33. The fraction of sp³-hybridized carbons (Fsp3) is 0.364. The molecule has 4 nitrogen and oxygen atoms in total. The van der Waals surface area contributed by atoms with Crippen molar-refractivity contribution in [1.29, 1.82) is 0 Å². The van der Waals surface area contributed by atoms with Crippen molar-refractivity contribution in [2.75, 3.05) is 17.6 Å². The van der Waals surface area contributed by atoms with Gasteiger partial charge < -0.3 is 16.8 Å². The van der Waals surface area contributed by atoms with Gasteiger partial charge in [0.25, 0.3) is 0 Å². The van der Waals surface area contributed by atoms with Crippen LogP contribution in [0.1, 0.15) is 18.4 Å². The average Bonchev–Trinajstić information content (AvgIpc) is 2.19. The number of hydrogen-bond donors (Lipinski definition) is 3. The summed E-state index contributed by atoms with van der Waals surface area (Å²) in [5.41, 5.74) is 13.2. The van der Waals surface area contributed by atoms with Crippen LogP contribution in [0, 0.1) is 6.92 Å². The molecule has 16 heavy (non-hydrogen) atoms. The number of nitrogens with one attached hydrogen (secondary N) is 1. The van der Waals surface area contributed by atoms with Crippen molar-refractivity contribution in [3.63, 3.8) is 0 Å². The van der Waals surface area contributed by atoms with E-state index in [1.54, 1.807) is 6.07 Å². The highest BCUT2D eigenvalue weighted by atomic mass is 35.5. The number of amides is 1. The highest BCUT2D eigenvalue weighted by Gasteiger charge is 2.03. The van der Waals surface area contributed by atoms with Crippen LogP contribution >= 0.6 is 11.6 Å². The molecule has 1 amide bonds. The Bertz CT molecular complexity index is 393. The van der Waals surface area contributed by atoms with Gasteiger partial charge in [-0.3, -0.25) is 4.79 Å². The molecule has 0 aliphatic carbocycles. The zero-order valence-corrected chi connectivity index (χ0v) is 9.97. The van der Waals surface area contributed by atoms with Gasteiger partial charge in [-0.2, -0.15) is 0 Å². The molecule has 0 heterocycles. The fourth-order valence-electron chi connectivity index (χ4n) is 1.38. The first-order chi connectivity index (χ1) is 7.50. The number of carbonyl (C=O) groups is 1. The summed E-state index contributed by atoms with van der Waals surface area (Å²) in [6.45, 7) is 2.63. The second-order valence-electron chi connectivity index (χ2n) is 3.69. The third kappa shape index (κ3) is 3.62. The van der Waals surface area contributed by atoms with Crippen molar-refractivity contribution in [3.05, 3.63) is 22.7 Å². The van der Waals surface area contributed by atoms with E-state index >= 15 is 0 Å². The zero-order valence-electron chi connectivity index (χ0n) is 9.22. The maximum Gasteiger partial charge on any atom is 0.217 e. The van der Waals surface area contributed by atoms with Gasteiger partial charge in [0.05, 0.1) is 10.7 Å². The molecule has 0 saturated heterocycles. The van der Waals surface area contributed by atoms with Gasteiger partial charge in [-0.25, -0.2) is 0 Å². The molecule has 1 aromatic carbocycles. The van der Waals surface area contributed by atoms with Crippen molar-refractivity contribution in [1.82, 2.24) is 0 Å². The number of hydrogen-bond acceptors (Lipinski definition) is 3. The van der Waals surface area contributed by atoms with Gasteiger partial charge in [0, 0.05) is 18.7 Å². The van der Waals surface area contributed by atoms with Gasteiger partial charge in [-0.15, -0.1) is 0 Å². The van der Waals surface area contributed by atoms with E-state index in [0.717, 1.165) is 11.3 Å². The Labute approximate surface area is 100.0 Å². The van der Waals surface area contributed by atoms with Gasteiger partial charge in [0.1, 0.15) is 0 Å². The molecular formula is C11H16ClN3O. The lowest BCUT2D eigenvalue weighted by atomic mass is 10.1. The van der Waals surface area contributed by atoms with E-state index in [2.05, 4.69) is 5.32 Å². The van der Waals surface area contributed by atoms with Gasteiger partial charge in [-0.05, 0) is 31.0 Å². The van der Waals surface area contributed by atoms with E-state index in [1.165, 1.54) is 0 Å². The van der Waals surface area contributed by atoms with Crippen molar-refractivity contribution >= 4 is 28.9 Å². The lowest BCUT2D eigenvalue weighted by Crippen LogP contribution is -2.13. The van der Waals surface area contributed by atoms with Crippen LogP contribution in [0.15, 0.2) is 12.1 Å². The second-order valence-corrected chi connectivity index (χ2v) is 4.09. The molecule has 1 aromatic rings. The Morgan fingerprint density at radius 3 is 2.81 bits per heavy atom. The Morgan fingerprint density at radius 1 is 1.50 bits per heavy atom. The van der Waals surface area contributed by atoms with Crippen LogP contribution in [-0.4, -0.2) is 12.5 Å². The first-order valence-electron chi connectivity index (χ1n) is 5.08. The molecule has 0 saturated carbocycles. The van der Waals surface area contributed by atoms with Crippen LogP contribution in [0.4, 0.5) is 11.4 Å². The standard InChI is InChI=1S/C11H16ClN3O/c1-7-5-9(13)8(12)6-10(7)15-4-2-3-11(14)16/h5-6,15H,2-4,13H2,1H3,(H2,14,16). The molecule has 0 aliphatic rings. The fourth-order valence-corrected chi connectivity index (χ4v) is 1.54. The summed E-state index contributed by atoms with van der Waals surface area (Å²) in [6, 6.07) is 3.61. The van der Waals surface area contributed by atoms with E-state index in [9.17, 15) is 4.79 Å². The molecule has 0 aromatic heterocycles. The minimum atomic E-state index is -0.283. The SMILES string of the molecule is Cc1cc(N)c(Cl)cc1NCCCC(N)=O. The average molecular weight is 242 g/mol. The van der Waals surface area contributed by atoms with Gasteiger partial charge in [-0.1, -0.05) is 11.6 Å². The van der Waals surface area contributed by atoms with Gasteiger partial charge in [0.15, 0.2) is 0 Å². The maximum absolute atomic E-state index is 10.5. The van der Waals surface area contributed by atoms with Crippen molar-refractivity contribution < 1.29 is 4.79 Å². The summed E-state index contributed by atoms with van der Waals surface area (Å²) in [7, 11) is 0. The van der Waals surface area contributed by atoms with E-state index in [-0.39, 0.29) is 5.91 Å². The van der Waals surface area contributed by atoms with Gasteiger partial charge >= 0.3 is 0 Å². The van der Waals surface area contributed by atoms with E-state index in [0.29, 0.717) is 30.1 Å². The summed E-state index contributed by atoms with van der Waals surface area (Å²) in [4.78, 5) is 10.5. The molecular weight excluding hydrogens is 226 g/mol. The molecule has 0 atom stereocenters. The maximum atomic E-state index is 10.5. The monoisotopic (exact) mass is 241 g/mol. The first kappa shape index (κ1) is 12.6. The van der Waals surface area contributed by atoms with Gasteiger partial charge in [0.2, 0.25) is 5.91 Å². The number of carbonyl (C=O) groups excluding carboxylic acids is 1. The number of aryl methyl sites for hydroxylation is 1. The summed E-state index contributed by atoms with van der Waals surface area (Å²) >= 11 is 5.91. The number of benzene rings is 1. The summed E-state index contributed by atoms with van der Waals surface area (Å²) in [5, 5.41) is 3.72. The summed E-state index contributed by atoms with van der Waals surface area (Å²) in [6.07, 6.45) is 1.09. The zero-order chi connectivity index (χ0) is 12.1. The minimum Gasteiger partial charge on any atom is -0.398 e. The van der Waals surface area contributed by atoms with E-state index in [1.807, 2.05) is 13.0 Å². The van der Waals surface area contributed by atoms with E-state index < -0.39 is 0 Å². The summed E-state index contributed by atoms with van der Waals surface area (Å²) in [5.74, 6) is -0.283. The van der Waals surface area contributed by atoms with Crippen LogP contribution in [0.5, 0.6) is 0 Å². The number of halogens is 1. The molecule has 0 radical (unpaired) electrons. The van der Waals surface area contributed by atoms with Crippen LogP contribution in [0.25, 0.3) is 0 Å². The van der Waals surface area contributed by atoms with Crippen LogP contribution in [-0.2, 0) is 4.79 Å². The molecule has 0 bridgehead atoms. The van der Waals surface area contributed by atoms with Crippen molar-refractivity contribution in [3.8, 4) is 0 Å². The topological polar surface area (TPSA) is 81.1 Å². The molecule has 5 heteroatoms. The molecule has 0 fully saturated rings. The number of anilines is 2. The number of nitrogen functional groups attached to an aromatic ring is 1. The van der Waals surface area contributed by atoms with E-state index in [4.69, 9.17) is 23.1 Å². The number of rotatable bonds is 5. The minimum absolute atomic E-state index is 0.283. The van der Waals surface area contributed by atoms with Crippen molar-refractivity contribution in [2.24, 2.45) is 5.73 Å². The Hall–Kier alpha value is -1.42. The second kappa shape index (κ2) is 5.61. The largest absolute Gasteiger partial charge is 0.398 e. The molecule has 0 spiro atoms. The lowest BCUT2D eigenvalue weighted by molar-refractivity contribution is -0.118. The molecule has 1 rings (SSSR count). The Kier molecular flexibility index (Phi) is 4.43. The third-order valence-electron chi connectivity index (χ3n) is 2.26. The smallest absolute Gasteiger partial charge is 0.217 e. The van der Waals surface area contributed by atoms with Crippen LogP contribution in [0.3, 0.4) is 0 Å². The predicted molar refractivity (Wildman–Crippen MR) is 67.5 cm³/mol. The summed E-state index contributed by atoms with van der Waals surface area (Å²) < 4.78 is 0. The predicted octanol–water partition coefficient (Wildman–Crippen LogP) is 1.91. The number of nitrogens with two attached hydrogens (primary N) is 2. The normalized spacial score (nSPS) is 10.1. The quantitative estimate of drug-likeness (QED) is 0.544. The van der Waals surface area contributed by atoms with Crippen LogP contribution in [0.2, 0.25) is 5.02 Å². The highest BCUT2D eigenvalue weighted by Crippen LogP contribution is 2.26. The molecule has 0 unspecified atom stereocenters. The van der Waals surface area contributed by atoms with Crippen molar-refractivity contribution in [2.45, 2.75) is 19.8 Å². The molecule has 88 valence electrons. The first-order valence-corrected chi connectivity index (χ1v) is 5.46. The molecule has 0 aliphatic heterocycles. The Balaban J connectivity index is 2.54.